The molecule has 1 aliphatic heterocycles. The largest absolute Gasteiger partial charge is 0.340 e. The Labute approximate surface area is 60.3 Å². The van der Waals surface area contributed by atoms with Crippen LogP contribution in [0.15, 0.2) is 0 Å². The molecule has 1 radical (unpaired) electrons. The predicted molar refractivity (Wildman–Crippen MR) is 46.5 cm³/mol. The van der Waals surface area contributed by atoms with Gasteiger partial charge in [-0.1, -0.05) is 19.6 Å². The highest BCUT2D eigenvalue weighted by atomic mass is 29.2. The summed E-state index contributed by atoms with van der Waals surface area (Å²) in [5.74, 6) is 0. The molecule has 0 aromatic rings. The fraction of sp³-hybridized carbons (Fsp3) is 1.00. The minimum atomic E-state index is -0.733. The highest BCUT2D eigenvalue weighted by molar-refractivity contribution is 7.30. The third-order valence-corrected chi connectivity index (χ3v) is 11.9. The summed E-state index contributed by atoms with van der Waals surface area (Å²) >= 11 is 0. The molecular weight excluding hydrogens is 142 g/mol. The van der Waals surface area contributed by atoms with Crippen LogP contribution in [0.5, 0.6) is 0 Å². The molecule has 0 amide bonds. The van der Waals surface area contributed by atoms with Gasteiger partial charge in [0.2, 0.25) is 0 Å². The number of nitrogens with one attached hydrogen (secondary N) is 1. The van der Waals surface area contributed by atoms with Gasteiger partial charge in [0.15, 0.2) is 0 Å². The Hall–Kier alpha value is 0.394. The molecule has 1 N–H and O–H groups in total. The van der Waals surface area contributed by atoms with Crippen LogP contribution in [0, 0.1) is 0 Å². The summed E-state index contributed by atoms with van der Waals surface area (Å²) in [6.07, 6.45) is 1.44. The van der Waals surface area contributed by atoms with E-state index in [0.29, 0.717) is 0 Å². The Bertz CT molecular complexity index is 91.7. The van der Waals surface area contributed by atoms with Crippen molar-refractivity contribution < 1.29 is 0 Å². The third-order valence-electron chi connectivity index (χ3n) is 1.85. The first-order chi connectivity index (χ1) is 4.11. The normalized spacial score (nSPS) is 23.0. The highest BCUT2D eigenvalue weighted by Crippen LogP contribution is 2.13. The minimum Gasteiger partial charge on any atom is -0.340 e. The summed E-state index contributed by atoms with van der Waals surface area (Å²) in [4.78, 5) is 3.66. The monoisotopic (exact) mass is 158 g/mol. The second-order valence-electron chi connectivity index (χ2n) is 3.76. The van der Waals surface area contributed by atoms with E-state index in [9.17, 15) is 0 Å². The third kappa shape index (κ3) is 1.91. The molecule has 0 aromatic carbocycles. The molecule has 1 fully saturated rings. The second-order valence-corrected chi connectivity index (χ2v) is 16.4. The lowest BCUT2D eigenvalue weighted by molar-refractivity contribution is 0.932. The fourth-order valence-electron chi connectivity index (χ4n) is 1.23. The average molecular weight is 158 g/mol. The van der Waals surface area contributed by atoms with Gasteiger partial charge in [-0.2, -0.15) is 0 Å². The van der Waals surface area contributed by atoms with Gasteiger partial charge in [-0.15, -0.1) is 0 Å². The minimum absolute atomic E-state index is 0.0388. The van der Waals surface area contributed by atoms with Gasteiger partial charge >= 0.3 is 0 Å². The molecule has 1 nitrogen and oxygen atoms in total. The van der Waals surface area contributed by atoms with E-state index >= 15 is 0 Å². The Morgan fingerprint density at radius 1 is 1.33 bits per heavy atom. The Morgan fingerprint density at radius 2 is 2.00 bits per heavy atom. The topological polar surface area (TPSA) is 12.0 Å². The van der Waals surface area contributed by atoms with E-state index in [1.165, 1.54) is 19.0 Å². The van der Waals surface area contributed by atoms with Crippen LogP contribution in [0.4, 0.5) is 0 Å². The Morgan fingerprint density at radius 3 is 2.22 bits per heavy atom. The Kier molecular flexibility index (Phi) is 2.13. The number of rotatable bonds is 1. The number of hydrogen-bond acceptors (Lipinski definition) is 1. The second kappa shape index (κ2) is 2.56. The van der Waals surface area contributed by atoms with Crippen molar-refractivity contribution in [3.05, 3.63) is 0 Å². The van der Waals surface area contributed by atoms with Crippen LogP contribution in [-0.2, 0) is 0 Å². The molecule has 1 rings (SSSR count). The molecule has 0 spiro atoms. The van der Waals surface area contributed by atoms with Gasteiger partial charge in [0.25, 0.3) is 0 Å². The molecule has 1 aliphatic rings. The van der Waals surface area contributed by atoms with Crippen molar-refractivity contribution in [3.63, 3.8) is 0 Å². The molecule has 0 saturated carbocycles. The Balaban J connectivity index is 2.42. The van der Waals surface area contributed by atoms with E-state index in [1.807, 2.05) is 0 Å². The SMILES string of the molecule is C[Si](C)(C)[Si]1CCCN1. The predicted octanol–water partition coefficient (Wildman–Crippen LogP) is 1.39. The highest BCUT2D eigenvalue weighted by Gasteiger charge is 2.30. The van der Waals surface area contributed by atoms with Gasteiger partial charge in [0.05, 0.1) is 7.59 Å². The summed E-state index contributed by atoms with van der Waals surface area (Å²) in [6.45, 7) is 8.76. The van der Waals surface area contributed by atoms with Gasteiger partial charge in [-0.3, -0.25) is 0 Å². The van der Waals surface area contributed by atoms with Gasteiger partial charge in [-0.05, 0) is 19.0 Å². The molecular formula is C6H16NSi2. The van der Waals surface area contributed by atoms with Crippen molar-refractivity contribution in [3.8, 4) is 0 Å². The van der Waals surface area contributed by atoms with Crippen LogP contribution < -0.4 is 4.98 Å². The van der Waals surface area contributed by atoms with Crippen LogP contribution in [0.3, 0.4) is 0 Å². The standard InChI is InChI=1S/C6H16NSi2/c1-9(2,3)8-6-4-5-7-8/h7H,4-6H2,1-3H3. The van der Waals surface area contributed by atoms with Crippen molar-refractivity contribution in [2.75, 3.05) is 6.54 Å². The summed E-state index contributed by atoms with van der Waals surface area (Å²) in [6, 6.07) is 1.53. The van der Waals surface area contributed by atoms with Crippen LogP contribution in [0.25, 0.3) is 0 Å². The lowest BCUT2D eigenvalue weighted by atomic mass is 10.5. The van der Waals surface area contributed by atoms with E-state index in [1.54, 1.807) is 0 Å². The van der Waals surface area contributed by atoms with Crippen molar-refractivity contribution in [1.82, 2.24) is 4.98 Å². The average Bonchev–Trinajstić information content (AvgIpc) is 2.08. The lowest BCUT2D eigenvalue weighted by Gasteiger charge is -2.21. The van der Waals surface area contributed by atoms with Crippen molar-refractivity contribution in [1.29, 1.82) is 0 Å². The quantitative estimate of drug-likeness (QED) is 0.569. The number of hydrogen-bond donors (Lipinski definition) is 1. The zero-order chi connectivity index (χ0) is 6.91. The van der Waals surface area contributed by atoms with E-state index in [-0.39, 0.29) is 8.48 Å². The maximum atomic E-state index is 3.66. The zero-order valence-electron chi connectivity index (χ0n) is 6.62. The first kappa shape index (κ1) is 7.50. The van der Waals surface area contributed by atoms with Gasteiger partial charge in [-0.25, -0.2) is 0 Å². The summed E-state index contributed by atoms with van der Waals surface area (Å²) in [5, 5.41) is 0. The molecule has 0 atom stereocenters. The zero-order valence-corrected chi connectivity index (χ0v) is 8.62. The maximum absolute atomic E-state index is 3.66. The van der Waals surface area contributed by atoms with Crippen molar-refractivity contribution in [2.24, 2.45) is 0 Å². The van der Waals surface area contributed by atoms with Crippen LogP contribution in [0.2, 0.25) is 25.7 Å². The van der Waals surface area contributed by atoms with Gasteiger partial charge in [0.1, 0.15) is 8.48 Å². The van der Waals surface area contributed by atoms with Crippen molar-refractivity contribution in [2.45, 2.75) is 32.1 Å². The van der Waals surface area contributed by atoms with Crippen molar-refractivity contribution >= 4 is 16.1 Å². The smallest absolute Gasteiger partial charge is 0.120 e. The molecule has 0 aliphatic carbocycles. The van der Waals surface area contributed by atoms with E-state index < -0.39 is 7.59 Å². The first-order valence-electron chi connectivity index (χ1n) is 3.71. The van der Waals surface area contributed by atoms with Crippen LogP contribution in [0.1, 0.15) is 6.42 Å². The molecule has 1 saturated heterocycles. The maximum Gasteiger partial charge on any atom is 0.120 e. The van der Waals surface area contributed by atoms with E-state index in [0.717, 1.165) is 0 Å². The summed E-state index contributed by atoms with van der Waals surface area (Å²) in [7, 11) is -0.772. The van der Waals surface area contributed by atoms with Gasteiger partial charge in [0, 0.05) is 0 Å². The molecule has 3 heteroatoms. The molecule has 0 aromatic heterocycles. The first-order valence-corrected chi connectivity index (χ1v) is 9.91. The summed E-state index contributed by atoms with van der Waals surface area (Å²) in [5.41, 5.74) is 0. The lowest BCUT2D eigenvalue weighted by Crippen LogP contribution is -2.49. The van der Waals surface area contributed by atoms with Crippen LogP contribution >= 0.6 is 0 Å². The fourth-order valence-corrected chi connectivity index (χ4v) is 8.45. The van der Waals surface area contributed by atoms with E-state index in [4.69, 9.17) is 0 Å². The van der Waals surface area contributed by atoms with Crippen LogP contribution in [-0.4, -0.2) is 22.6 Å². The van der Waals surface area contributed by atoms with E-state index in [2.05, 4.69) is 24.6 Å². The summed E-state index contributed by atoms with van der Waals surface area (Å²) < 4.78 is 0. The molecule has 1 heterocycles. The molecule has 9 heavy (non-hydrogen) atoms. The van der Waals surface area contributed by atoms with Gasteiger partial charge < -0.3 is 4.98 Å². The molecule has 0 unspecified atom stereocenters. The molecule has 0 bridgehead atoms. The molecule has 53 valence electrons.